The minimum Gasteiger partial charge on any atom is -0.497 e. The Morgan fingerprint density at radius 3 is 2.41 bits per heavy atom. The molecule has 2 N–H and O–H groups in total. The summed E-state index contributed by atoms with van der Waals surface area (Å²) in [6.45, 7) is 7.41. The molecule has 0 aliphatic carbocycles. The van der Waals surface area contributed by atoms with Gasteiger partial charge in [0.25, 0.3) is 0 Å². The van der Waals surface area contributed by atoms with Crippen LogP contribution in [0.1, 0.15) is 44.2 Å². The van der Waals surface area contributed by atoms with E-state index in [1.54, 1.807) is 20.1 Å². The van der Waals surface area contributed by atoms with Gasteiger partial charge < -0.3 is 15.2 Å². The SMILES string of the molecule is CCC(C)C(NC(=O)C(C)c1ccc(OC)cc1C)C(=O)O. The van der Waals surface area contributed by atoms with Gasteiger partial charge in [0.15, 0.2) is 0 Å². The van der Waals surface area contributed by atoms with Crippen LogP contribution in [-0.2, 0) is 9.59 Å². The summed E-state index contributed by atoms with van der Waals surface area (Å²) in [5.74, 6) is -1.08. The Morgan fingerprint density at radius 1 is 1.32 bits per heavy atom. The Morgan fingerprint density at radius 2 is 1.95 bits per heavy atom. The van der Waals surface area contributed by atoms with Crippen LogP contribution in [0.4, 0.5) is 0 Å². The number of ether oxygens (including phenoxy) is 1. The fourth-order valence-electron chi connectivity index (χ4n) is 2.36. The van der Waals surface area contributed by atoms with E-state index in [0.717, 1.165) is 16.9 Å². The lowest BCUT2D eigenvalue weighted by Crippen LogP contribution is -2.46. The van der Waals surface area contributed by atoms with Crippen LogP contribution in [0.5, 0.6) is 5.75 Å². The molecule has 5 heteroatoms. The van der Waals surface area contributed by atoms with Gasteiger partial charge in [-0.15, -0.1) is 0 Å². The van der Waals surface area contributed by atoms with Crippen molar-refractivity contribution in [2.24, 2.45) is 5.92 Å². The number of carbonyl (C=O) groups excluding carboxylic acids is 1. The molecule has 0 aliphatic heterocycles. The van der Waals surface area contributed by atoms with Gasteiger partial charge in [0.2, 0.25) is 5.91 Å². The molecule has 22 heavy (non-hydrogen) atoms. The Balaban J connectivity index is 2.90. The highest BCUT2D eigenvalue weighted by molar-refractivity contribution is 5.88. The summed E-state index contributed by atoms with van der Waals surface area (Å²) in [5, 5.41) is 11.9. The van der Waals surface area contributed by atoms with Crippen molar-refractivity contribution in [3.05, 3.63) is 29.3 Å². The Hall–Kier alpha value is -2.04. The van der Waals surface area contributed by atoms with Gasteiger partial charge in [-0.2, -0.15) is 0 Å². The van der Waals surface area contributed by atoms with Gasteiger partial charge in [0.1, 0.15) is 11.8 Å². The highest BCUT2D eigenvalue weighted by Gasteiger charge is 2.28. The number of hydrogen-bond donors (Lipinski definition) is 2. The van der Waals surface area contributed by atoms with Crippen LogP contribution in [0, 0.1) is 12.8 Å². The molecule has 0 aliphatic rings. The van der Waals surface area contributed by atoms with Gasteiger partial charge in [0.05, 0.1) is 13.0 Å². The van der Waals surface area contributed by atoms with Crippen molar-refractivity contribution in [2.75, 3.05) is 7.11 Å². The van der Waals surface area contributed by atoms with E-state index in [-0.39, 0.29) is 11.8 Å². The predicted octanol–water partition coefficient (Wildman–Crippen LogP) is 2.72. The van der Waals surface area contributed by atoms with Crippen molar-refractivity contribution < 1.29 is 19.4 Å². The lowest BCUT2D eigenvalue weighted by atomic mass is 9.93. The van der Waals surface area contributed by atoms with Crippen LogP contribution >= 0.6 is 0 Å². The smallest absolute Gasteiger partial charge is 0.326 e. The molecule has 0 bridgehead atoms. The van der Waals surface area contributed by atoms with Gasteiger partial charge in [-0.25, -0.2) is 4.79 Å². The van der Waals surface area contributed by atoms with Gasteiger partial charge in [-0.05, 0) is 43.0 Å². The topological polar surface area (TPSA) is 75.6 Å². The van der Waals surface area contributed by atoms with E-state index in [1.807, 2.05) is 32.9 Å². The highest BCUT2D eigenvalue weighted by Crippen LogP contribution is 2.24. The molecule has 3 atom stereocenters. The minimum atomic E-state index is -0.999. The molecule has 0 radical (unpaired) electrons. The number of hydrogen-bond acceptors (Lipinski definition) is 3. The van der Waals surface area contributed by atoms with E-state index < -0.39 is 17.9 Å². The molecule has 1 aromatic rings. The lowest BCUT2D eigenvalue weighted by molar-refractivity contribution is -0.143. The number of amides is 1. The third-order valence-electron chi connectivity index (χ3n) is 4.11. The number of rotatable bonds is 7. The third kappa shape index (κ3) is 4.23. The van der Waals surface area contributed by atoms with Crippen molar-refractivity contribution in [3.63, 3.8) is 0 Å². The summed E-state index contributed by atoms with van der Waals surface area (Å²) < 4.78 is 5.15. The molecule has 0 heterocycles. The monoisotopic (exact) mass is 307 g/mol. The Bertz CT molecular complexity index is 541. The lowest BCUT2D eigenvalue weighted by Gasteiger charge is -2.23. The fourth-order valence-corrected chi connectivity index (χ4v) is 2.36. The number of carboxylic acid groups (broad SMARTS) is 1. The van der Waals surface area contributed by atoms with Crippen molar-refractivity contribution >= 4 is 11.9 Å². The van der Waals surface area contributed by atoms with E-state index in [1.165, 1.54) is 0 Å². The second-order valence-electron chi connectivity index (χ2n) is 5.65. The van der Waals surface area contributed by atoms with E-state index >= 15 is 0 Å². The molecule has 3 unspecified atom stereocenters. The van der Waals surface area contributed by atoms with Crippen LogP contribution in [0.15, 0.2) is 18.2 Å². The maximum atomic E-state index is 12.4. The normalized spacial score (nSPS) is 14.8. The average molecular weight is 307 g/mol. The third-order valence-corrected chi connectivity index (χ3v) is 4.11. The molecule has 5 nitrogen and oxygen atoms in total. The van der Waals surface area contributed by atoms with Gasteiger partial charge in [-0.3, -0.25) is 4.79 Å². The molecule has 0 fully saturated rings. The molecule has 0 spiro atoms. The first-order valence-corrected chi connectivity index (χ1v) is 7.49. The summed E-state index contributed by atoms with van der Waals surface area (Å²) in [4.78, 5) is 23.7. The summed E-state index contributed by atoms with van der Waals surface area (Å²) in [7, 11) is 1.59. The van der Waals surface area contributed by atoms with E-state index in [9.17, 15) is 14.7 Å². The van der Waals surface area contributed by atoms with Crippen LogP contribution in [0.25, 0.3) is 0 Å². The maximum Gasteiger partial charge on any atom is 0.326 e. The van der Waals surface area contributed by atoms with E-state index in [0.29, 0.717) is 6.42 Å². The van der Waals surface area contributed by atoms with Crippen LogP contribution in [-0.4, -0.2) is 30.1 Å². The standard InChI is InChI=1S/C17H25NO4/c1-6-10(2)15(17(20)21)18-16(19)12(4)14-8-7-13(22-5)9-11(14)3/h7-10,12,15H,6H2,1-5H3,(H,18,19)(H,20,21). The van der Waals surface area contributed by atoms with Crippen molar-refractivity contribution in [3.8, 4) is 5.75 Å². The summed E-state index contributed by atoms with van der Waals surface area (Å²) in [6, 6.07) is 4.65. The molecule has 1 aromatic carbocycles. The zero-order valence-corrected chi connectivity index (χ0v) is 13.8. The second-order valence-corrected chi connectivity index (χ2v) is 5.65. The van der Waals surface area contributed by atoms with Crippen LogP contribution < -0.4 is 10.1 Å². The molecule has 0 aromatic heterocycles. The molecular weight excluding hydrogens is 282 g/mol. The molecule has 1 amide bonds. The second kappa shape index (κ2) is 7.82. The van der Waals surface area contributed by atoms with Crippen molar-refractivity contribution in [1.82, 2.24) is 5.32 Å². The van der Waals surface area contributed by atoms with Crippen LogP contribution in [0.3, 0.4) is 0 Å². The molecule has 0 saturated carbocycles. The number of nitrogens with one attached hydrogen (secondary N) is 1. The quantitative estimate of drug-likeness (QED) is 0.812. The first-order chi connectivity index (χ1) is 10.3. The van der Waals surface area contributed by atoms with Crippen molar-refractivity contribution in [2.45, 2.75) is 46.1 Å². The number of carbonyl (C=O) groups is 2. The molecule has 1 rings (SSSR count). The minimum absolute atomic E-state index is 0.120. The molecule has 122 valence electrons. The predicted molar refractivity (Wildman–Crippen MR) is 85.2 cm³/mol. The van der Waals surface area contributed by atoms with E-state index in [4.69, 9.17) is 4.74 Å². The average Bonchev–Trinajstić information content (AvgIpc) is 2.50. The maximum absolute atomic E-state index is 12.4. The highest BCUT2D eigenvalue weighted by atomic mass is 16.5. The summed E-state index contributed by atoms with van der Waals surface area (Å²) in [5.41, 5.74) is 1.81. The number of aliphatic carboxylic acids is 1. The van der Waals surface area contributed by atoms with Crippen molar-refractivity contribution in [1.29, 1.82) is 0 Å². The number of benzene rings is 1. The largest absolute Gasteiger partial charge is 0.497 e. The number of methoxy groups -OCH3 is 1. The van der Waals surface area contributed by atoms with E-state index in [2.05, 4.69) is 5.32 Å². The molecule has 0 saturated heterocycles. The summed E-state index contributed by atoms with van der Waals surface area (Å²) >= 11 is 0. The first-order valence-electron chi connectivity index (χ1n) is 7.49. The fraction of sp³-hybridized carbons (Fsp3) is 0.529. The van der Waals surface area contributed by atoms with Crippen LogP contribution in [0.2, 0.25) is 0 Å². The Labute approximate surface area is 131 Å². The van der Waals surface area contributed by atoms with Gasteiger partial charge in [-0.1, -0.05) is 26.3 Å². The van der Waals surface area contributed by atoms with Gasteiger partial charge >= 0.3 is 5.97 Å². The van der Waals surface area contributed by atoms with Gasteiger partial charge in [0, 0.05) is 0 Å². The zero-order valence-electron chi connectivity index (χ0n) is 13.8. The number of aryl methyl sites for hydroxylation is 1. The first kappa shape index (κ1) is 18.0. The Kier molecular flexibility index (Phi) is 6.40. The zero-order chi connectivity index (χ0) is 16.9. The number of carboxylic acids is 1. The molecular formula is C17H25NO4. The summed E-state index contributed by atoms with van der Waals surface area (Å²) in [6.07, 6.45) is 0.688.